The van der Waals surface area contributed by atoms with Gasteiger partial charge >= 0.3 is 0 Å². The summed E-state index contributed by atoms with van der Waals surface area (Å²) in [4.78, 5) is 13.6. The Morgan fingerprint density at radius 3 is 2.65 bits per heavy atom. The number of carbonyl (C=O) groups excluding carboxylic acids is 1. The summed E-state index contributed by atoms with van der Waals surface area (Å²) in [5, 5.41) is 0.634. The number of benzene rings is 1. The molecule has 0 spiro atoms. The van der Waals surface area contributed by atoms with Gasteiger partial charge in [-0.05, 0) is 25.0 Å². The average molecular weight is 304 g/mol. The van der Waals surface area contributed by atoms with Gasteiger partial charge in [-0.2, -0.15) is 0 Å². The van der Waals surface area contributed by atoms with Gasteiger partial charge in [-0.3, -0.25) is 4.79 Å². The number of likely N-dealkylation sites (tertiary alicyclic amines) is 1. The van der Waals surface area contributed by atoms with E-state index in [4.69, 9.17) is 0 Å². The fourth-order valence-corrected chi connectivity index (χ4v) is 2.78. The van der Waals surface area contributed by atoms with Gasteiger partial charge in [0, 0.05) is 17.9 Å². The first-order valence-electron chi connectivity index (χ1n) is 5.46. The molecule has 1 aromatic rings. The van der Waals surface area contributed by atoms with Gasteiger partial charge in [0.1, 0.15) is 17.2 Å². The normalized spacial score (nSPS) is 19.7. The molecule has 5 heteroatoms. The predicted octanol–water partition coefficient (Wildman–Crippen LogP) is 2.96. The van der Waals surface area contributed by atoms with Crippen molar-refractivity contribution in [3.8, 4) is 0 Å². The van der Waals surface area contributed by atoms with Crippen LogP contribution in [0, 0.1) is 11.6 Å². The molecule has 1 atom stereocenters. The van der Waals surface area contributed by atoms with Crippen LogP contribution in [0.3, 0.4) is 0 Å². The minimum Gasteiger partial charge on any atom is -0.335 e. The second-order valence-corrected chi connectivity index (χ2v) is 4.69. The van der Waals surface area contributed by atoms with Crippen molar-refractivity contribution < 1.29 is 13.6 Å². The molecule has 17 heavy (non-hydrogen) atoms. The summed E-state index contributed by atoms with van der Waals surface area (Å²) in [6.45, 7) is 0.558. The van der Waals surface area contributed by atoms with Crippen molar-refractivity contribution in [1.82, 2.24) is 4.90 Å². The van der Waals surface area contributed by atoms with Crippen LogP contribution < -0.4 is 0 Å². The maximum absolute atomic E-state index is 13.5. The fraction of sp³-hybridized carbons (Fsp3) is 0.417. The van der Waals surface area contributed by atoms with E-state index in [2.05, 4.69) is 15.9 Å². The molecule has 1 heterocycles. The number of rotatable bonds is 2. The second kappa shape index (κ2) is 5.12. The van der Waals surface area contributed by atoms with Gasteiger partial charge in [0.15, 0.2) is 0 Å². The van der Waals surface area contributed by atoms with E-state index in [0.29, 0.717) is 11.9 Å². The number of carbonyl (C=O) groups is 1. The zero-order valence-electron chi connectivity index (χ0n) is 9.13. The van der Waals surface area contributed by atoms with Crippen molar-refractivity contribution in [3.05, 3.63) is 35.4 Å². The highest BCUT2D eigenvalue weighted by Gasteiger charge is 2.31. The van der Waals surface area contributed by atoms with E-state index in [0.717, 1.165) is 25.0 Å². The Labute approximate surface area is 107 Å². The monoisotopic (exact) mass is 303 g/mol. The highest BCUT2D eigenvalue weighted by atomic mass is 79.9. The molecule has 0 bridgehead atoms. The van der Waals surface area contributed by atoms with Crippen molar-refractivity contribution in [2.45, 2.75) is 18.9 Å². The molecule has 0 N–H and O–H groups in total. The van der Waals surface area contributed by atoms with Crippen molar-refractivity contribution in [2.75, 3.05) is 11.9 Å². The Hall–Kier alpha value is -0.970. The van der Waals surface area contributed by atoms with Gasteiger partial charge in [-0.25, -0.2) is 8.78 Å². The first kappa shape index (κ1) is 12.5. The van der Waals surface area contributed by atoms with Crippen LogP contribution in [0.25, 0.3) is 0 Å². The van der Waals surface area contributed by atoms with Gasteiger partial charge in [-0.15, -0.1) is 0 Å². The third-order valence-electron chi connectivity index (χ3n) is 2.99. The quantitative estimate of drug-likeness (QED) is 0.769. The van der Waals surface area contributed by atoms with Crippen LogP contribution in [-0.2, 0) is 0 Å². The number of hydrogen-bond donors (Lipinski definition) is 0. The second-order valence-electron chi connectivity index (χ2n) is 4.05. The van der Waals surface area contributed by atoms with E-state index in [1.807, 2.05) is 0 Å². The highest BCUT2D eigenvalue weighted by Crippen LogP contribution is 2.23. The lowest BCUT2D eigenvalue weighted by Gasteiger charge is -2.23. The number of hydrogen-bond acceptors (Lipinski definition) is 1. The fourth-order valence-electron chi connectivity index (χ4n) is 2.11. The van der Waals surface area contributed by atoms with E-state index in [9.17, 15) is 13.6 Å². The van der Waals surface area contributed by atoms with Crippen LogP contribution >= 0.6 is 15.9 Å². The Morgan fingerprint density at radius 1 is 1.41 bits per heavy atom. The molecule has 1 fully saturated rings. The average Bonchev–Trinajstić information content (AvgIpc) is 2.76. The van der Waals surface area contributed by atoms with Crippen molar-refractivity contribution in [1.29, 1.82) is 0 Å². The predicted molar refractivity (Wildman–Crippen MR) is 64.2 cm³/mol. The van der Waals surface area contributed by atoms with Crippen LogP contribution in [-0.4, -0.2) is 28.7 Å². The zero-order chi connectivity index (χ0) is 12.4. The lowest BCUT2D eigenvalue weighted by Crippen LogP contribution is -2.37. The van der Waals surface area contributed by atoms with Gasteiger partial charge < -0.3 is 4.90 Å². The van der Waals surface area contributed by atoms with Crippen molar-refractivity contribution >= 4 is 21.8 Å². The zero-order valence-corrected chi connectivity index (χ0v) is 10.7. The summed E-state index contributed by atoms with van der Waals surface area (Å²) in [7, 11) is 0. The van der Waals surface area contributed by atoms with Gasteiger partial charge in [0.25, 0.3) is 5.91 Å². The molecule has 1 aliphatic rings. The maximum atomic E-state index is 13.5. The molecule has 1 amide bonds. The lowest BCUT2D eigenvalue weighted by atomic mass is 10.1. The Bertz CT molecular complexity index is 418. The van der Waals surface area contributed by atoms with Gasteiger partial charge in [0.05, 0.1) is 0 Å². The molecule has 1 saturated heterocycles. The van der Waals surface area contributed by atoms with E-state index in [1.54, 1.807) is 0 Å². The minimum absolute atomic E-state index is 0.0292. The molecule has 0 aromatic heterocycles. The summed E-state index contributed by atoms with van der Waals surface area (Å²) >= 11 is 3.31. The molecule has 92 valence electrons. The molecule has 2 nitrogen and oxygen atoms in total. The summed E-state index contributed by atoms with van der Waals surface area (Å²) in [5.74, 6) is -2.15. The summed E-state index contributed by atoms with van der Waals surface area (Å²) in [5.41, 5.74) is -0.444. The largest absolute Gasteiger partial charge is 0.335 e. The number of alkyl halides is 1. The molecule has 1 aromatic carbocycles. The molecule has 1 aliphatic heterocycles. The first-order chi connectivity index (χ1) is 8.15. The van der Waals surface area contributed by atoms with Crippen LogP contribution in [0.2, 0.25) is 0 Å². The number of nitrogens with zero attached hydrogens (tertiary/aromatic N) is 1. The number of halogens is 3. The maximum Gasteiger partial charge on any atom is 0.260 e. The summed E-state index contributed by atoms with van der Waals surface area (Å²) in [6.07, 6.45) is 1.74. The molecule has 2 rings (SSSR count). The first-order valence-corrected chi connectivity index (χ1v) is 6.58. The SMILES string of the molecule is O=C(c1c(F)cccc1F)N1CCCC1CBr. The van der Waals surface area contributed by atoms with Crippen molar-refractivity contribution in [2.24, 2.45) is 0 Å². The molecular formula is C12H12BrF2NO. The van der Waals surface area contributed by atoms with Crippen LogP contribution in [0.5, 0.6) is 0 Å². The molecule has 1 unspecified atom stereocenters. The third kappa shape index (κ3) is 2.34. The van der Waals surface area contributed by atoms with Crippen LogP contribution in [0.1, 0.15) is 23.2 Å². The van der Waals surface area contributed by atoms with Gasteiger partial charge in [-0.1, -0.05) is 22.0 Å². The van der Waals surface area contributed by atoms with E-state index >= 15 is 0 Å². The third-order valence-corrected chi connectivity index (χ3v) is 3.74. The summed E-state index contributed by atoms with van der Waals surface area (Å²) < 4.78 is 27.0. The molecule has 0 saturated carbocycles. The smallest absolute Gasteiger partial charge is 0.260 e. The van der Waals surface area contributed by atoms with Gasteiger partial charge in [0.2, 0.25) is 0 Å². The Balaban J connectivity index is 2.31. The van der Waals surface area contributed by atoms with E-state index in [1.165, 1.54) is 11.0 Å². The Morgan fingerprint density at radius 2 is 2.06 bits per heavy atom. The van der Waals surface area contributed by atoms with Crippen molar-refractivity contribution in [3.63, 3.8) is 0 Å². The van der Waals surface area contributed by atoms with Crippen LogP contribution in [0.4, 0.5) is 8.78 Å². The van der Waals surface area contributed by atoms with E-state index < -0.39 is 23.1 Å². The standard InChI is InChI=1S/C12H12BrF2NO/c13-7-8-3-2-6-16(8)12(17)11-9(14)4-1-5-10(11)15/h1,4-5,8H,2-3,6-7H2. The molecule has 0 aliphatic carbocycles. The molecular weight excluding hydrogens is 292 g/mol. The molecule has 0 radical (unpaired) electrons. The minimum atomic E-state index is -0.796. The highest BCUT2D eigenvalue weighted by molar-refractivity contribution is 9.09. The number of amides is 1. The topological polar surface area (TPSA) is 20.3 Å². The Kier molecular flexibility index (Phi) is 3.76. The van der Waals surface area contributed by atoms with E-state index in [-0.39, 0.29) is 6.04 Å². The summed E-state index contributed by atoms with van der Waals surface area (Å²) in [6, 6.07) is 3.50. The van der Waals surface area contributed by atoms with Crippen LogP contribution in [0.15, 0.2) is 18.2 Å². The lowest BCUT2D eigenvalue weighted by molar-refractivity contribution is 0.0740.